The molecule has 1 aromatic rings. The first-order chi connectivity index (χ1) is 10.4. The van der Waals surface area contributed by atoms with Crippen molar-refractivity contribution in [3.05, 3.63) is 29.8 Å². The molecule has 0 bridgehead atoms. The highest BCUT2D eigenvalue weighted by Crippen LogP contribution is 2.26. The number of benzene rings is 1. The van der Waals surface area contributed by atoms with Gasteiger partial charge in [-0.2, -0.15) is 0 Å². The minimum absolute atomic E-state index is 0.973. The Hall–Kier alpha value is -1.02. The molecule has 0 unspecified atom stereocenters. The topological polar surface area (TPSA) is 15.3 Å². The maximum Gasteiger partial charge on any atom is 0.0340 e. The zero-order valence-corrected chi connectivity index (χ0v) is 13.3. The maximum atomic E-state index is 3.60. The van der Waals surface area contributed by atoms with E-state index < -0.39 is 0 Å². The summed E-state index contributed by atoms with van der Waals surface area (Å²) < 4.78 is 0. The largest absolute Gasteiger partial charge is 0.385 e. The highest BCUT2D eigenvalue weighted by Gasteiger charge is 2.13. The van der Waals surface area contributed by atoms with E-state index in [4.69, 9.17) is 0 Å². The first-order valence-corrected chi connectivity index (χ1v) is 8.95. The molecule has 21 heavy (non-hydrogen) atoms. The van der Waals surface area contributed by atoms with Crippen LogP contribution in [0.15, 0.2) is 24.3 Å². The Morgan fingerprint density at radius 1 is 0.905 bits per heavy atom. The van der Waals surface area contributed by atoms with Gasteiger partial charge in [0.15, 0.2) is 0 Å². The van der Waals surface area contributed by atoms with Crippen molar-refractivity contribution in [2.45, 2.75) is 57.9 Å². The third-order valence-electron chi connectivity index (χ3n) is 5.17. The first-order valence-electron chi connectivity index (χ1n) is 8.95. The molecule has 116 valence electrons. The fourth-order valence-corrected chi connectivity index (χ4v) is 3.82. The van der Waals surface area contributed by atoms with E-state index in [-0.39, 0.29) is 0 Å². The van der Waals surface area contributed by atoms with Gasteiger partial charge in [-0.25, -0.2) is 0 Å². The van der Waals surface area contributed by atoms with Crippen molar-refractivity contribution >= 4 is 5.69 Å². The zero-order valence-electron chi connectivity index (χ0n) is 13.3. The third-order valence-corrected chi connectivity index (χ3v) is 5.17. The molecule has 1 heterocycles. The summed E-state index contributed by atoms with van der Waals surface area (Å²) in [6.45, 7) is 4.82. The molecule has 0 spiro atoms. The van der Waals surface area contributed by atoms with Crippen LogP contribution in [0.1, 0.15) is 56.9 Å². The molecular weight excluding hydrogens is 256 g/mol. The summed E-state index contributed by atoms with van der Waals surface area (Å²) in [5, 5.41) is 3.60. The highest BCUT2D eigenvalue weighted by atomic mass is 15.1. The molecule has 2 heteroatoms. The van der Waals surface area contributed by atoms with Gasteiger partial charge in [0, 0.05) is 18.8 Å². The molecule has 3 rings (SSSR count). The van der Waals surface area contributed by atoms with E-state index in [0.29, 0.717) is 0 Å². The molecule has 0 atom stereocenters. The minimum Gasteiger partial charge on any atom is -0.385 e. The van der Waals surface area contributed by atoms with E-state index in [9.17, 15) is 0 Å². The van der Waals surface area contributed by atoms with Crippen molar-refractivity contribution in [1.29, 1.82) is 0 Å². The molecule has 1 N–H and O–H groups in total. The molecule has 1 aromatic carbocycles. The molecule has 1 aliphatic heterocycles. The number of likely N-dealkylation sites (tertiary alicyclic amines) is 1. The summed E-state index contributed by atoms with van der Waals surface area (Å²) in [4.78, 5) is 2.56. The van der Waals surface area contributed by atoms with E-state index in [0.717, 1.165) is 19.0 Å². The Morgan fingerprint density at radius 3 is 2.33 bits per heavy atom. The van der Waals surface area contributed by atoms with Crippen molar-refractivity contribution in [3.63, 3.8) is 0 Å². The molecule has 2 aliphatic rings. The molecule has 1 saturated carbocycles. The standard InChI is InChI=1S/C19H30N2/c1-2-6-17(7-3-1)12-13-20-19-10-8-18(9-11-19)16-21-14-4-5-15-21/h8-11,17,20H,1-7,12-16H2. The van der Waals surface area contributed by atoms with Gasteiger partial charge in [0.05, 0.1) is 0 Å². The van der Waals surface area contributed by atoms with Crippen molar-refractivity contribution in [3.8, 4) is 0 Å². The number of nitrogens with zero attached hydrogens (tertiary/aromatic N) is 1. The van der Waals surface area contributed by atoms with E-state index >= 15 is 0 Å². The van der Waals surface area contributed by atoms with Gasteiger partial charge in [-0.05, 0) is 56.0 Å². The summed E-state index contributed by atoms with van der Waals surface area (Å²) in [5.41, 5.74) is 2.74. The number of hydrogen-bond donors (Lipinski definition) is 1. The fraction of sp³-hybridized carbons (Fsp3) is 0.684. The van der Waals surface area contributed by atoms with E-state index in [2.05, 4.69) is 34.5 Å². The van der Waals surface area contributed by atoms with Crippen LogP contribution in [0.2, 0.25) is 0 Å². The SMILES string of the molecule is c1cc(NCCC2CCCCC2)ccc1CN1CCCC1. The number of hydrogen-bond acceptors (Lipinski definition) is 2. The van der Waals surface area contributed by atoms with E-state index in [1.165, 1.54) is 75.7 Å². The zero-order chi connectivity index (χ0) is 14.3. The second-order valence-corrected chi connectivity index (χ2v) is 6.90. The lowest BCUT2D eigenvalue weighted by Gasteiger charge is -2.21. The van der Waals surface area contributed by atoms with Crippen molar-refractivity contribution in [2.75, 3.05) is 25.0 Å². The maximum absolute atomic E-state index is 3.60. The summed E-state index contributed by atoms with van der Waals surface area (Å²) in [6, 6.07) is 9.10. The van der Waals surface area contributed by atoms with Crippen LogP contribution in [0.25, 0.3) is 0 Å². The summed E-state index contributed by atoms with van der Waals surface area (Å²) in [7, 11) is 0. The lowest BCUT2D eigenvalue weighted by atomic mass is 9.87. The van der Waals surface area contributed by atoms with Crippen LogP contribution in [0.3, 0.4) is 0 Å². The van der Waals surface area contributed by atoms with Crippen LogP contribution < -0.4 is 5.32 Å². The van der Waals surface area contributed by atoms with Gasteiger partial charge in [-0.3, -0.25) is 4.90 Å². The van der Waals surface area contributed by atoms with Crippen molar-refractivity contribution in [2.24, 2.45) is 5.92 Å². The van der Waals surface area contributed by atoms with Crippen LogP contribution >= 0.6 is 0 Å². The molecule has 2 fully saturated rings. The van der Waals surface area contributed by atoms with Crippen LogP contribution in [0.4, 0.5) is 5.69 Å². The summed E-state index contributed by atoms with van der Waals surface area (Å²) in [6.07, 6.45) is 11.4. The van der Waals surface area contributed by atoms with Crippen molar-refractivity contribution in [1.82, 2.24) is 4.90 Å². The monoisotopic (exact) mass is 286 g/mol. The van der Waals surface area contributed by atoms with Gasteiger partial charge in [-0.15, -0.1) is 0 Å². The van der Waals surface area contributed by atoms with Crippen LogP contribution in [0, 0.1) is 5.92 Å². The summed E-state index contributed by atoms with van der Waals surface area (Å²) >= 11 is 0. The predicted molar refractivity (Wildman–Crippen MR) is 90.6 cm³/mol. The Kier molecular flexibility index (Phi) is 5.56. The molecule has 1 saturated heterocycles. The average molecular weight is 286 g/mol. The molecule has 0 amide bonds. The van der Waals surface area contributed by atoms with E-state index in [1.807, 2.05) is 0 Å². The first kappa shape index (κ1) is 14.9. The lowest BCUT2D eigenvalue weighted by Crippen LogP contribution is -2.18. The van der Waals surface area contributed by atoms with Gasteiger partial charge in [0.25, 0.3) is 0 Å². The molecular formula is C19H30N2. The smallest absolute Gasteiger partial charge is 0.0340 e. The third kappa shape index (κ3) is 4.74. The van der Waals surface area contributed by atoms with Gasteiger partial charge in [0.1, 0.15) is 0 Å². The predicted octanol–water partition coefficient (Wildman–Crippen LogP) is 4.66. The molecule has 0 aromatic heterocycles. The highest BCUT2D eigenvalue weighted by molar-refractivity contribution is 5.44. The Morgan fingerprint density at radius 2 is 1.62 bits per heavy atom. The molecule has 1 aliphatic carbocycles. The van der Waals surface area contributed by atoms with Crippen molar-refractivity contribution < 1.29 is 0 Å². The minimum atomic E-state index is 0.973. The van der Waals surface area contributed by atoms with E-state index in [1.54, 1.807) is 0 Å². The Balaban J connectivity index is 1.39. The molecule has 0 radical (unpaired) electrons. The quantitative estimate of drug-likeness (QED) is 0.818. The molecule has 2 nitrogen and oxygen atoms in total. The summed E-state index contributed by atoms with van der Waals surface area (Å²) in [5.74, 6) is 0.973. The Bertz CT molecular complexity index is 400. The number of anilines is 1. The normalized spacial score (nSPS) is 20.8. The van der Waals surface area contributed by atoms with Gasteiger partial charge >= 0.3 is 0 Å². The van der Waals surface area contributed by atoms with Crippen LogP contribution in [-0.2, 0) is 6.54 Å². The van der Waals surface area contributed by atoms with Crippen LogP contribution in [-0.4, -0.2) is 24.5 Å². The fourth-order valence-electron chi connectivity index (χ4n) is 3.82. The lowest BCUT2D eigenvalue weighted by molar-refractivity contribution is 0.331. The van der Waals surface area contributed by atoms with Gasteiger partial charge < -0.3 is 5.32 Å². The average Bonchev–Trinajstić information content (AvgIpc) is 3.03. The second-order valence-electron chi connectivity index (χ2n) is 6.90. The van der Waals surface area contributed by atoms with Gasteiger partial charge in [0.2, 0.25) is 0 Å². The van der Waals surface area contributed by atoms with Crippen LogP contribution in [0.5, 0.6) is 0 Å². The number of rotatable bonds is 6. The number of nitrogens with one attached hydrogen (secondary N) is 1. The second kappa shape index (κ2) is 7.84. The van der Waals surface area contributed by atoms with Gasteiger partial charge in [-0.1, -0.05) is 44.2 Å². The Labute approximate surface area is 129 Å².